The van der Waals surface area contributed by atoms with Gasteiger partial charge in [0.1, 0.15) is 0 Å². The van der Waals surface area contributed by atoms with Crippen LogP contribution in [-0.4, -0.2) is 67.5 Å². The van der Waals surface area contributed by atoms with Crippen LogP contribution in [0.3, 0.4) is 0 Å². The summed E-state index contributed by atoms with van der Waals surface area (Å²) in [6.45, 7) is 9.21. The normalized spacial score (nSPS) is 17.2. The molecule has 8 heteroatoms. The van der Waals surface area contributed by atoms with Crippen LogP contribution in [0.25, 0.3) is 0 Å². The van der Waals surface area contributed by atoms with Crippen molar-refractivity contribution >= 4 is 52.2 Å². The number of nitrogens with zero attached hydrogens (tertiary/aromatic N) is 4. The molecule has 1 amide bonds. The number of guanidine groups is 1. The van der Waals surface area contributed by atoms with Crippen molar-refractivity contribution in [2.75, 3.05) is 50.7 Å². The lowest BCUT2D eigenvalue weighted by Gasteiger charge is -2.37. The molecule has 0 aliphatic carbocycles. The predicted octanol–water partition coefficient (Wildman–Crippen LogP) is 4.28. The number of anilines is 1. The molecule has 0 saturated carbocycles. The van der Waals surface area contributed by atoms with Crippen LogP contribution in [0.2, 0.25) is 0 Å². The summed E-state index contributed by atoms with van der Waals surface area (Å²) >= 11 is 1.80. The van der Waals surface area contributed by atoms with E-state index in [4.69, 9.17) is 4.99 Å². The molecule has 3 heterocycles. The molecule has 2 saturated heterocycles. The van der Waals surface area contributed by atoms with Gasteiger partial charge in [0, 0.05) is 51.4 Å². The largest absolute Gasteiger partial charge is 0.360 e. The van der Waals surface area contributed by atoms with E-state index < -0.39 is 0 Å². The number of hydrogen-bond donors (Lipinski definition) is 1. The first-order valence-corrected chi connectivity index (χ1v) is 12.3. The third kappa shape index (κ3) is 6.37. The van der Waals surface area contributed by atoms with Crippen LogP contribution >= 0.6 is 35.3 Å². The first-order valence-electron chi connectivity index (χ1n) is 11.4. The smallest absolute Gasteiger partial charge is 0.253 e. The molecule has 174 valence electrons. The standard InChI is InChI=1S/C24H33N5OS.HI/c1-2-25-24(29-15-13-27(14-16-29)22-10-7-17-31-22)26-19-20-8-6-9-21(18-20)23(30)28-11-4-3-5-12-28;/h6-10,17-18H,2-5,11-16,19H2,1H3,(H,25,26);1H. The van der Waals surface area contributed by atoms with E-state index in [1.807, 2.05) is 23.1 Å². The Labute approximate surface area is 212 Å². The molecule has 32 heavy (non-hydrogen) atoms. The van der Waals surface area contributed by atoms with Crippen LogP contribution in [-0.2, 0) is 6.54 Å². The molecule has 0 bridgehead atoms. The Morgan fingerprint density at radius 3 is 2.47 bits per heavy atom. The number of amides is 1. The van der Waals surface area contributed by atoms with E-state index in [1.165, 1.54) is 11.4 Å². The number of carbonyl (C=O) groups is 1. The van der Waals surface area contributed by atoms with Crippen molar-refractivity contribution in [1.29, 1.82) is 0 Å². The summed E-state index contributed by atoms with van der Waals surface area (Å²) < 4.78 is 0. The summed E-state index contributed by atoms with van der Waals surface area (Å²) in [7, 11) is 0. The number of hydrogen-bond acceptors (Lipinski definition) is 4. The van der Waals surface area contributed by atoms with Gasteiger partial charge in [0.25, 0.3) is 5.91 Å². The summed E-state index contributed by atoms with van der Waals surface area (Å²) in [6, 6.07) is 12.3. The lowest BCUT2D eigenvalue weighted by molar-refractivity contribution is 0.0724. The summed E-state index contributed by atoms with van der Waals surface area (Å²) in [5.41, 5.74) is 1.86. The van der Waals surface area contributed by atoms with Crippen LogP contribution in [0.1, 0.15) is 42.1 Å². The van der Waals surface area contributed by atoms with Crippen LogP contribution < -0.4 is 10.2 Å². The molecule has 0 radical (unpaired) electrons. The highest BCUT2D eigenvalue weighted by Crippen LogP contribution is 2.22. The van der Waals surface area contributed by atoms with Gasteiger partial charge in [-0.2, -0.15) is 0 Å². The van der Waals surface area contributed by atoms with Crippen molar-refractivity contribution in [2.45, 2.75) is 32.7 Å². The minimum Gasteiger partial charge on any atom is -0.360 e. The van der Waals surface area contributed by atoms with Crippen LogP contribution in [0, 0.1) is 0 Å². The second-order valence-electron chi connectivity index (χ2n) is 8.15. The highest BCUT2D eigenvalue weighted by atomic mass is 127. The van der Waals surface area contributed by atoms with E-state index in [9.17, 15) is 4.79 Å². The van der Waals surface area contributed by atoms with Gasteiger partial charge in [-0.25, -0.2) is 4.99 Å². The molecule has 2 fully saturated rings. The quantitative estimate of drug-likeness (QED) is 0.333. The van der Waals surface area contributed by atoms with Gasteiger partial charge in [0.15, 0.2) is 5.96 Å². The summed E-state index contributed by atoms with van der Waals surface area (Å²) in [5, 5.41) is 6.93. The van der Waals surface area contributed by atoms with Crippen LogP contribution in [0.5, 0.6) is 0 Å². The van der Waals surface area contributed by atoms with Gasteiger partial charge in [0.2, 0.25) is 0 Å². The summed E-state index contributed by atoms with van der Waals surface area (Å²) in [6.07, 6.45) is 3.45. The van der Waals surface area contributed by atoms with E-state index in [1.54, 1.807) is 11.3 Å². The molecule has 1 aromatic heterocycles. The molecule has 0 spiro atoms. The first kappa shape index (κ1) is 24.8. The fourth-order valence-electron chi connectivity index (χ4n) is 4.26. The monoisotopic (exact) mass is 567 g/mol. The van der Waals surface area contributed by atoms with Crippen molar-refractivity contribution in [3.63, 3.8) is 0 Å². The number of aliphatic imine (C=N–C) groups is 1. The van der Waals surface area contributed by atoms with Crippen LogP contribution in [0.15, 0.2) is 46.8 Å². The van der Waals surface area contributed by atoms with E-state index in [0.717, 1.165) is 75.7 Å². The molecule has 6 nitrogen and oxygen atoms in total. The minimum absolute atomic E-state index is 0. The Morgan fingerprint density at radius 1 is 1.00 bits per heavy atom. The molecular weight excluding hydrogens is 533 g/mol. The Balaban J connectivity index is 0.00000289. The fraction of sp³-hybridized carbons (Fsp3) is 0.500. The number of piperidine rings is 1. The predicted molar refractivity (Wildman–Crippen MR) is 145 cm³/mol. The maximum atomic E-state index is 12.8. The van der Waals surface area contributed by atoms with Gasteiger partial charge >= 0.3 is 0 Å². The number of piperazine rings is 1. The molecular formula is C24H34IN5OS. The van der Waals surface area contributed by atoms with Crippen LogP contribution in [0.4, 0.5) is 5.00 Å². The molecule has 0 atom stereocenters. The first-order chi connectivity index (χ1) is 15.2. The van der Waals surface area contributed by atoms with Gasteiger partial charge in [-0.1, -0.05) is 12.1 Å². The number of halogens is 1. The Morgan fingerprint density at radius 2 is 1.78 bits per heavy atom. The number of benzene rings is 1. The van der Waals surface area contributed by atoms with Gasteiger partial charge in [-0.3, -0.25) is 4.79 Å². The fourth-order valence-corrected chi connectivity index (χ4v) is 5.05. The van der Waals surface area contributed by atoms with Gasteiger partial charge in [-0.15, -0.1) is 35.3 Å². The second kappa shape index (κ2) is 12.4. The number of rotatable bonds is 5. The van der Waals surface area contributed by atoms with E-state index in [0.29, 0.717) is 6.54 Å². The van der Waals surface area contributed by atoms with E-state index in [2.05, 4.69) is 45.6 Å². The molecule has 4 rings (SSSR count). The van der Waals surface area contributed by atoms with Gasteiger partial charge < -0.3 is 20.0 Å². The average Bonchev–Trinajstić information content (AvgIpc) is 3.37. The highest BCUT2D eigenvalue weighted by Gasteiger charge is 2.21. The van der Waals surface area contributed by atoms with Crippen molar-refractivity contribution in [3.8, 4) is 0 Å². The number of carbonyl (C=O) groups excluding carboxylic acids is 1. The zero-order chi connectivity index (χ0) is 21.5. The molecule has 2 aromatic rings. The minimum atomic E-state index is 0. The third-order valence-corrected chi connectivity index (χ3v) is 6.89. The van der Waals surface area contributed by atoms with Crippen molar-refractivity contribution in [3.05, 3.63) is 52.9 Å². The maximum absolute atomic E-state index is 12.8. The average molecular weight is 568 g/mol. The zero-order valence-electron chi connectivity index (χ0n) is 18.8. The summed E-state index contributed by atoms with van der Waals surface area (Å²) in [5.74, 6) is 1.11. The SMILES string of the molecule is CCNC(=NCc1cccc(C(=O)N2CCCCC2)c1)N1CCN(c2cccs2)CC1.I. The second-order valence-corrected chi connectivity index (χ2v) is 9.07. The number of thiophene rings is 1. The van der Waals surface area contributed by atoms with Gasteiger partial charge in [-0.05, 0) is 61.4 Å². The maximum Gasteiger partial charge on any atom is 0.253 e. The van der Waals surface area contributed by atoms with E-state index >= 15 is 0 Å². The zero-order valence-corrected chi connectivity index (χ0v) is 22.0. The van der Waals surface area contributed by atoms with Crippen molar-refractivity contribution in [1.82, 2.24) is 15.1 Å². The Bertz CT molecular complexity index is 874. The lowest BCUT2D eigenvalue weighted by Crippen LogP contribution is -2.52. The topological polar surface area (TPSA) is 51.2 Å². The molecule has 1 N–H and O–H groups in total. The summed E-state index contributed by atoms with van der Waals surface area (Å²) in [4.78, 5) is 24.5. The lowest BCUT2D eigenvalue weighted by atomic mass is 10.1. The van der Waals surface area contributed by atoms with E-state index in [-0.39, 0.29) is 29.9 Å². The molecule has 2 aliphatic heterocycles. The van der Waals surface area contributed by atoms with Crippen molar-refractivity contribution < 1.29 is 4.79 Å². The number of nitrogens with one attached hydrogen (secondary N) is 1. The molecule has 2 aliphatic rings. The Hall–Kier alpha value is -1.81. The molecule has 0 unspecified atom stereocenters. The Kier molecular flexibility index (Phi) is 9.65. The van der Waals surface area contributed by atoms with Gasteiger partial charge in [0.05, 0.1) is 11.5 Å². The molecule has 1 aromatic carbocycles. The third-order valence-electron chi connectivity index (χ3n) is 5.96. The number of likely N-dealkylation sites (tertiary alicyclic amines) is 1. The van der Waals surface area contributed by atoms with Crippen molar-refractivity contribution in [2.24, 2.45) is 4.99 Å². The highest BCUT2D eigenvalue weighted by molar-refractivity contribution is 14.0.